The molecule has 0 bridgehead atoms. The van der Waals surface area contributed by atoms with Crippen molar-refractivity contribution in [2.24, 2.45) is 0 Å². The van der Waals surface area contributed by atoms with Gasteiger partial charge in [0.1, 0.15) is 0 Å². The third-order valence-corrected chi connectivity index (χ3v) is 9.35. The Morgan fingerprint density at radius 1 is 1.38 bits per heavy atom. The molecule has 1 fully saturated rings. The van der Waals surface area contributed by atoms with Crippen LogP contribution in [-0.2, 0) is 0 Å². The van der Waals surface area contributed by atoms with E-state index in [-0.39, 0.29) is 0 Å². The lowest BCUT2D eigenvalue weighted by atomic mass is 10.4. The Morgan fingerprint density at radius 3 is 2.54 bits per heavy atom. The van der Waals surface area contributed by atoms with Crippen LogP contribution in [0, 0.1) is 0 Å². The SMILES string of the molecule is CS1(c2ccc(Cl)cc2Cl)CCS1. The van der Waals surface area contributed by atoms with Gasteiger partial charge in [0.25, 0.3) is 0 Å². The summed E-state index contributed by atoms with van der Waals surface area (Å²) in [5.41, 5.74) is 0. The second kappa shape index (κ2) is 3.58. The van der Waals surface area contributed by atoms with Gasteiger partial charge in [0, 0.05) is 15.7 Å². The van der Waals surface area contributed by atoms with Crippen molar-refractivity contribution in [2.45, 2.75) is 4.90 Å². The van der Waals surface area contributed by atoms with Crippen molar-refractivity contribution in [1.82, 2.24) is 0 Å². The van der Waals surface area contributed by atoms with E-state index in [0.717, 1.165) is 10.0 Å². The van der Waals surface area contributed by atoms with Crippen LogP contribution < -0.4 is 0 Å². The summed E-state index contributed by atoms with van der Waals surface area (Å²) in [6.45, 7) is 0. The van der Waals surface area contributed by atoms with Crippen molar-refractivity contribution in [3.63, 3.8) is 0 Å². The number of hydrogen-bond donors (Lipinski definition) is 0. The predicted octanol–water partition coefficient (Wildman–Crippen LogP) is 4.45. The number of benzene rings is 1. The van der Waals surface area contributed by atoms with Gasteiger partial charge >= 0.3 is 0 Å². The van der Waals surface area contributed by atoms with Crippen molar-refractivity contribution in [3.05, 3.63) is 28.2 Å². The predicted molar refractivity (Wildman–Crippen MR) is 65.6 cm³/mol. The largest absolute Gasteiger partial charge is 0.166 e. The third-order valence-electron chi connectivity index (χ3n) is 2.18. The first-order chi connectivity index (χ1) is 6.12. The lowest BCUT2D eigenvalue weighted by molar-refractivity contribution is 1.39. The quantitative estimate of drug-likeness (QED) is 0.666. The van der Waals surface area contributed by atoms with Crippen LogP contribution in [0.25, 0.3) is 0 Å². The molecule has 0 spiro atoms. The van der Waals surface area contributed by atoms with E-state index in [4.69, 9.17) is 23.2 Å². The summed E-state index contributed by atoms with van der Waals surface area (Å²) in [6, 6.07) is 5.85. The smallest absolute Gasteiger partial charge is 0.0549 e. The normalized spacial score (nSPS) is 31.9. The van der Waals surface area contributed by atoms with Gasteiger partial charge in [-0.2, -0.15) is 9.06 Å². The molecule has 1 unspecified atom stereocenters. The van der Waals surface area contributed by atoms with E-state index in [0.29, 0.717) is 0 Å². The van der Waals surface area contributed by atoms with E-state index in [1.807, 2.05) is 22.9 Å². The van der Waals surface area contributed by atoms with E-state index >= 15 is 0 Å². The van der Waals surface area contributed by atoms with Crippen LogP contribution in [0.5, 0.6) is 0 Å². The molecule has 0 radical (unpaired) electrons. The van der Waals surface area contributed by atoms with Crippen LogP contribution in [0.2, 0.25) is 10.0 Å². The molecule has 1 aromatic rings. The zero-order valence-corrected chi connectivity index (χ0v) is 10.4. The Morgan fingerprint density at radius 2 is 2.08 bits per heavy atom. The minimum atomic E-state index is -0.639. The molecule has 1 heterocycles. The standard InChI is InChI=1S/C9H10Cl2S2/c1-13(5-4-12-13)9-3-2-7(10)6-8(9)11/h2-3,6H,4-5H2,1H3. The molecule has 1 aliphatic rings. The summed E-state index contributed by atoms with van der Waals surface area (Å²) in [6.07, 6.45) is 2.32. The minimum absolute atomic E-state index is 0.639. The first kappa shape index (κ1) is 10.0. The van der Waals surface area contributed by atoms with Crippen LogP contribution in [0.4, 0.5) is 0 Å². The van der Waals surface area contributed by atoms with Crippen LogP contribution in [0.1, 0.15) is 0 Å². The fraction of sp³-hybridized carbons (Fsp3) is 0.333. The molecule has 1 aromatic carbocycles. The summed E-state index contributed by atoms with van der Waals surface area (Å²) < 4.78 is 0. The first-order valence-electron chi connectivity index (χ1n) is 3.97. The van der Waals surface area contributed by atoms with Crippen molar-refractivity contribution >= 4 is 43.1 Å². The molecule has 1 saturated heterocycles. The average molecular weight is 253 g/mol. The van der Waals surface area contributed by atoms with Crippen molar-refractivity contribution in [2.75, 3.05) is 17.8 Å². The molecule has 13 heavy (non-hydrogen) atoms. The topological polar surface area (TPSA) is 0 Å². The summed E-state index contributed by atoms with van der Waals surface area (Å²) in [7, 11) is 1.40. The third kappa shape index (κ3) is 1.82. The van der Waals surface area contributed by atoms with E-state index < -0.39 is 9.06 Å². The fourth-order valence-corrected chi connectivity index (χ4v) is 7.05. The van der Waals surface area contributed by atoms with Gasteiger partial charge in [-0.05, 0) is 30.2 Å². The first-order valence-corrected chi connectivity index (χ1v) is 8.44. The monoisotopic (exact) mass is 252 g/mol. The fourth-order valence-electron chi connectivity index (χ4n) is 1.33. The lowest BCUT2D eigenvalue weighted by Crippen LogP contribution is -2.13. The van der Waals surface area contributed by atoms with Gasteiger partial charge in [0.05, 0.1) is 5.02 Å². The Balaban J connectivity index is 2.40. The molecule has 1 atom stereocenters. The molecule has 2 rings (SSSR count). The average Bonchev–Trinajstić information content (AvgIpc) is 2.00. The zero-order valence-electron chi connectivity index (χ0n) is 7.22. The van der Waals surface area contributed by atoms with E-state index in [1.165, 1.54) is 16.4 Å². The van der Waals surface area contributed by atoms with Gasteiger partial charge in [-0.1, -0.05) is 23.2 Å². The molecule has 4 heteroatoms. The molecule has 0 aromatic heterocycles. The highest BCUT2D eigenvalue weighted by Crippen LogP contribution is 2.71. The van der Waals surface area contributed by atoms with Crippen molar-refractivity contribution < 1.29 is 0 Å². The molecule has 0 amide bonds. The second-order valence-corrected chi connectivity index (χ2v) is 10.4. The zero-order chi connectivity index (χ0) is 9.47. The molecule has 0 nitrogen and oxygen atoms in total. The molecule has 0 N–H and O–H groups in total. The summed E-state index contributed by atoms with van der Waals surface area (Å²) in [5.74, 6) is 2.56. The molecular weight excluding hydrogens is 243 g/mol. The second-order valence-electron chi connectivity index (χ2n) is 3.11. The molecule has 0 aliphatic carbocycles. The van der Waals surface area contributed by atoms with Gasteiger partial charge in [-0.15, -0.1) is 10.8 Å². The Labute approximate surface area is 93.7 Å². The van der Waals surface area contributed by atoms with E-state index in [2.05, 4.69) is 12.3 Å². The number of rotatable bonds is 1. The lowest BCUT2D eigenvalue weighted by Gasteiger charge is -2.44. The van der Waals surface area contributed by atoms with E-state index in [1.54, 1.807) is 0 Å². The van der Waals surface area contributed by atoms with E-state index in [9.17, 15) is 0 Å². The van der Waals surface area contributed by atoms with Crippen LogP contribution in [0.15, 0.2) is 23.1 Å². The number of hydrogen-bond acceptors (Lipinski definition) is 1. The van der Waals surface area contributed by atoms with Gasteiger partial charge in [0.2, 0.25) is 0 Å². The minimum Gasteiger partial charge on any atom is -0.166 e. The van der Waals surface area contributed by atoms with Gasteiger partial charge in [0.15, 0.2) is 0 Å². The Bertz CT molecular complexity index is 334. The molecule has 0 saturated carbocycles. The Hall–Kier alpha value is 0.500. The number of halogens is 2. The highest BCUT2D eigenvalue weighted by Gasteiger charge is 2.31. The Kier molecular flexibility index (Phi) is 2.76. The molecule has 1 aliphatic heterocycles. The molecular formula is C9H10Cl2S2. The molecule has 72 valence electrons. The van der Waals surface area contributed by atoms with Gasteiger partial charge in [-0.3, -0.25) is 0 Å². The maximum atomic E-state index is 6.15. The maximum Gasteiger partial charge on any atom is 0.0549 e. The van der Waals surface area contributed by atoms with Crippen LogP contribution in [-0.4, -0.2) is 17.8 Å². The van der Waals surface area contributed by atoms with Crippen molar-refractivity contribution in [3.8, 4) is 0 Å². The summed E-state index contributed by atoms with van der Waals surface area (Å²) >= 11 is 12.0. The highest BCUT2D eigenvalue weighted by atomic mass is 35.5. The highest BCUT2D eigenvalue weighted by molar-refractivity contribution is 8.96. The van der Waals surface area contributed by atoms with Gasteiger partial charge in [-0.25, -0.2) is 0 Å². The van der Waals surface area contributed by atoms with Crippen LogP contribution in [0.3, 0.4) is 0 Å². The van der Waals surface area contributed by atoms with Crippen LogP contribution >= 0.6 is 43.1 Å². The summed E-state index contributed by atoms with van der Waals surface area (Å²) in [4.78, 5) is 1.30. The summed E-state index contributed by atoms with van der Waals surface area (Å²) in [5, 5.41) is 1.55. The maximum absolute atomic E-state index is 6.15. The van der Waals surface area contributed by atoms with Crippen molar-refractivity contribution in [1.29, 1.82) is 0 Å². The van der Waals surface area contributed by atoms with Gasteiger partial charge < -0.3 is 0 Å².